The number of hydrogen-bond acceptors (Lipinski definition) is 4. The Hall–Kier alpha value is -1.88. The van der Waals surface area contributed by atoms with Crippen LogP contribution in [-0.2, 0) is 0 Å². The van der Waals surface area contributed by atoms with E-state index in [2.05, 4.69) is 25.9 Å². The Morgan fingerprint density at radius 1 is 1.29 bits per heavy atom. The zero-order valence-corrected chi connectivity index (χ0v) is 10.3. The van der Waals surface area contributed by atoms with E-state index in [4.69, 9.17) is 10.2 Å². The van der Waals surface area contributed by atoms with Crippen LogP contribution < -0.4 is 5.73 Å². The second-order valence-corrected chi connectivity index (χ2v) is 4.52. The fraction of sp³-hybridized carbons (Fsp3) is 0. The molecule has 0 aliphatic carbocycles. The average Bonchev–Trinajstić information content (AvgIpc) is 2.74. The van der Waals surface area contributed by atoms with Crippen LogP contribution in [0.2, 0.25) is 0 Å². The summed E-state index contributed by atoms with van der Waals surface area (Å²) in [6.45, 7) is 0. The van der Waals surface area contributed by atoms with E-state index in [1.807, 2.05) is 18.2 Å². The Bertz CT molecular complexity index is 679. The highest BCUT2D eigenvalue weighted by Gasteiger charge is 2.11. The van der Waals surface area contributed by atoms with Crippen molar-refractivity contribution in [2.75, 3.05) is 5.73 Å². The molecule has 0 saturated carbocycles. The van der Waals surface area contributed by atoms with Gasteiger partial charge in [0.05, 0.1) is 11.3 Å². The maximum Gasteiger partial charge on any atom is 0.228 e. The molecule has 84 valence electrons. The molecule has 0 fully saturated rings. The lowest BCUT2D eigenvalue weighted by molar-refractivity contribution is 0.620. The number of nitrogen functional groups attached to an aromatic ring is 1. The second kappa shape index (κ2) is 3.85. The highest BCUT2D eigenvalue weighted by molar-refractivity contribution is 9.10. The molecule has 0 amide bonds. The van der Waals surface area contributed by atoms with E-state index in [1.54, 1.807) is 18.5 Å². The van der Waals surface area contributed by atoms with Gasteiger partial charge in [0.1, 0.15) is 5.52 Å². The van der Waals surface area contributed by atoms with E-state index < -0.39 is 0 Å². The van der Waals surface area contributed by atoms with Crippen LogP contribution in [0.15, 0.2) is 45.5 Å². The summed E-state index contributed by atoms with van der Waals surface area (Å²) in [5, 5.41) is 0. The third kappa shape index (κ3) is 1.78. The van der Waals surface area contributed by atoms with E-state index in [-0.39, 0.29) is 0 Å². The van der Waals surface area contributed by atoms with Gasteiger partial charge in [0.15, 0.2) is 5.58 Å². The van der Waals surface area contributed by atoms with Crippen molar-refractivity contribution in [1.82, 2.24) is 9.97 Å². The minimum Gasteiger partial charge on any atom is -0.434 e. The predicted molar refractivity (Wildman–Crippen MR) is 69.4 cm³/mol. The van der Waals surface area contributed by atoms with E-state index in [0.29, 0.717) is 17.2 Å². The summed E-state index contributed by atoms with van der Waals surface area (Å²) in [5.41, 5.74) is 8.60. The normalized spacial score (nSPS) is 10.9. The number of halogens is 1. The lowest BCUT2D eigenvalue weighted by Crippen LogP contribution is -1.84. The molecule has 0 aliphatic rings. The Labute approximate surface area is 106 Å². The molecule has 0 radical (unpaired) electrons. The van der Waals surface area contributed by atoms with Gasteiger partial charge in [0, 0.05) is 16.9 Å². The molecule has 0 atom stereocenters. The SMILES string of the molecule is Nc1cc(Br)cc2nc(-c3cccnc3)oc12. The topological polar surface area (TPSA) is 64.9 Å². The number of anilines is 1. The molecule has 0 unspecified atom stereocenters. The molecule has 2 aromatic heterocycles. The zero-order chi connectivity index (χ0) is 11.8. The van der Waals surface area contributed by atoms with Gasteiger partial charge in [-0.1, -0.05) is 15.9 Å². The van der Waals surface area contributed by atoms with Crippen molar-refractivity contribution in [2.45, 2.75) is 0 Å². The van der Waals surface area contributed by atoms with Crippen LogP contribution in [0.4, 0.5) is 5.69 Å². The molecule has 0 aliphatic heterocycles. The number of pyridine rings is 1. The van der Waals surface area contributed by atoms with Crippen LogP contribution in [0.3, 0.4) is 0 Å². The Morgan fingerprint density at radius 3 is 2.94 bits per heavy atom. The first-order chi connectivity index (χ1) is 8.24. The van der Waals surface area contributed by atoms with Gasteiger partial charge in [-0.15, -0.1) is 0 Å². The molecule has 0 saturated heterocycles. The van der Waals surface area contributed by atoms with Crippen LogP contribution in [0, 0.1) is 0 Å². The molecule has 0 bridgehead atoms. The van der Waals surface area contributed by atoms with Crippen molar-refractivity contribution in [3.05, 3.63) is 41.1 Å². The molecule has 0 spiro atoms. The summed E-state index contributed by atoms with van der Waals surface area (Å²) >= 11 is 3.37. The second-order valence-electron chi connectivity index (χ2n) is 3.60. The number of benzene rings is 1. The van der Waals surface area contributed by atoms with Gasteiger partial charge in [-0.05, 0) is 24.3 Å². The molecule has 1 aromatic carbocycles. The number of nitrogens with zero attached hydrogens (tertiary/aromatic N) is 2. The van der Waals surface area contributed by atoms with Gasteiger partial charge in [0.25, 0.3) is 0 Å². The molecule has 2 heterocycles. The van der Waals surface area contributed by atoms with Crippen molar-refractivity contribution in [2.24, 2.45) is 0 Å². The van der Waals surface area contributed by atoms with E-state index in [0.717, 1.165) is 15.6 Å². The van der Waals surface area contributed by atoms with Gasteiger partial charge in [-0.3, -0.25) is 4.98 Å². The molecular formula is C12H8BrN3O. The lowest BCUT2D eigenvalue weighted by Gasteiger charge is -1.94. The number of hydrogen-bond donors (Lipinski definition) is 1. The van der Waals surface area contributed by atoms with Crippen molar-refractivity contribution < 1.29 is 4.42 Å². The minimum absolute atomic E-state index is 0.526. The quantitative estimate of drug-likeness (QED) is 0.699. The third-order valence-corrected chi connectivity index (χ3v) is 2.85. The monoisotopic (exact) mass is 289 g/mol. The first-order valence-corrected chi connectivity index (χ1v) is 5.79. The highest BCUT2D eigenvalue weighted by atomic mass is 79.9. The maximum absolute atomic E-state index is 5.87. The largest absolute Gasteiger partial charge is 0.434 e. The van der Waals surface area contributed by atoms with Gasteiger partial charge in [0.2, 0.25) is 5.89 Å². The van der Waals surface area contributed by atoms with Crippen LogP contribution in [0.25, 0.3) is 22.6 Å². The Kier molecular flexibility index (Phi) is 2.33. The molecular weight excluding hydrogens is 282 g/mol. The van der Waals surface area contributed by atoms with Crippen molar-refractivity contribution in [3.63, 3.8) is 0 Å². The first kappa shape index (κ1) is 10.3. The van der Waals surface area contributed by atoms with Crippen molar-refractivity contribution in [3.8, 4) is 11.5 Å². The average molecular weight is 290 g/mol. The van der Waals surface area contributed by atoms with E-state index >= 15 is 0 Å². The van der Waals surface area contributed by atoms with Gasteiger partial charge in [-0.25, -0.2) is 4.98 Å². The van der Waals surface area contributed by atoms with Crippen LogP contribution >= 0.6 is 15.9 Å². The molecule has 4 nitrogen and oxygen atoms in total. The van der Waals surface area contributed by atoms with Crippen LogP contribution in [0.5, 0.6) is 0 Å². The summed E-state index contributed by atoms with van der Waals surface area (Å²) < 4.78 is 6.53. The van der Waals surface area contributed by atoms with Crippen molar-refractivity contribution >= 4 is 32.7 Å². The molecule has 3 aromatic rings. The van der Waals surface area contributed by atoms with Gasteiger partial charge in [-0.2, -0.15) is 0 Å². The predicted octanol–water partition coefficient (Wildman–Crippen LogP) is 3.23. The Balaban J connectivity index is 2.24. The number of aromatic nitrogens is 2. The summed E-state index contributed by atoms with van der Waals surface area (Å²) in [7, 11) is 0. The summed E-state index contributed by atoms with van der Waals surface area (Å²) in [6, 6.07) is 7.39. The minimum atomic E-state index is 0.526. The van der Waals surface area contributed by atoms with Gasteiger partial charge < -0.3 is 10.2 Å². The fourth-order valence-corrected chi connectivity index (χ4v) is 2.10. The first-order valence-electron chi connectivity index (χ1n) is 5.00. The zero-order valence-electron chi connectivity index (χ0n) is 8.72. The van der Waals surface area contributed by atoms with Crippen LogP contribution in [-0.4, -0.2) is 9.97 Å². The molecule has 3 rings (SSSR count). The molecule has 17 heavy (non-hydrogen) atoms. The third-order valence-electron chi connectivity index (χ3n) is 2.39. The number of oxazole rings is 1. The number of rotatable bonds is 1. The summed E-state index contributed by atoms with van der Waals surface area (Å²) in [4.78, 5) is 8.42. The highest BCUT2D eigenvalue weighted by Crippen LogP contribution is 2.30. The summed E-state index contributed by atoms with van der Waals surface area (Å²) in [5.74, 6) is 0.526. The standard InChI is InChI=1S/C12H8BrN3O/c13-8-4-9(14)11-10(5-8)16-12(17-11)7-2-1-3-15-6-7/h1-6H,14H2. The fourth-order valence-electron chi connectivity index (χ4n) is 1.64. The van der Waals surface area contributed by atoms with Gasteiger partial charge >= 0.3 is 0 Å². The van der Waals surface area contributed by atoms with Crippen molar-refractivity contribution in [1.29, 1.82) is 0 Å². The van der Waals surface area contributed by atoms with Crippen LogP contribution in [0.1, 0.15) is 0 Å². The number of nitrogens with two attached hydrogens (primary N) is 1. The molecule has 2 N–H and O–H groups in total. The summed E-state index contributed by atoms with van der Waals surface area (Å²) in [6.07, 6.45) is 3.41. The smallest absolute Gasteiger partial charge is 0.228 e. The maximum atomic E-state index is 5.87. The molecule has 5 heteroatoms. The van der Waals surface area contributed by atoms with E-state index in [1.165, 1.54) is 0 Å². The van der Waals surface area contributed by atoms with E-state index in [9.17, 15) is 0 Å². The lowest BCUT2D eigenvalue weighted by atomic mass is 10.3. The number of fused-ring (bicyclic) bond motifs is 1. The Morgan fingerprint density at radius 2 is 2.18 bits per heavy atom.